The van der Waals surface area contributed by atoms with E-state index < -0.39 is 0 Å². The Kier molecular flexibility index (Phi) is 13.0. The highest BCUT2D eigenvalue weighted by Gasteiger charge is 2.26. The summed E-state index contributed by atoms with van der Waals surface area (Å²) in [4.78, 5) is 21.1. The summed E-state index contributed by atoms with van der Waals surface area (Å²) in [6.45, 7) is 7.27. The molecule has 0 aromatic rings. The second-order valence-electron chi connectivity index (χ2n) is 7.46. The average Bonchev–Trinajstić information content (AvgIpc) is 2.66. The fraction of sp³-hybridized carbons (Fsp3) is 0.952. The van der Waals surface area contributed by atoms with Crippen molar-refractivity contribution in [3.63, 3.8) is 0 Å². The van der Waals surface area contributed by atoms with Crippen molar-refractivity contribution in [1.29, 1.82) is 0 Å². The van der Waals surface area contributed by atoms with Crippen LogP contribution in [-0.4, -0.2) is 61.4 Å². The maximum absolute atomic E-state index is 12.7. The molecule has 0 radical (unpaired) electrons. The zero-order chi connectivity index (χ0) is 17.7. The number of hydrogen-bond acceptors (Lipinski definition) is 4. The van der Waals surface area contributed by atoms with E-state index in [-0.39, 0.29) is 13.3 Å². The van der Waals surface area contributed by atoms with Gasteiger partial charge in [-0.15, -0.1) is 0 Å². The van der Waals surface area contributed by atoms with Gasteiger partial charge in [-0.05, 0) is 19.3 Å². The number of carbonyl (C=O) groups is 1. The van der Waals surface area contributed by atoms with Crippen LogP contribution in [-0.2, 0) is 14.4 Å². The lowest BCUT2D eigenvalue weighted by atomic mass is 9.95. The zero-order valence-corrected chi connectivity index (χ0v) is 16.2. The lowest BCUT2D eigenvalue weighted by Gasteiger charge is -2.34. The third-order valence-electron chi connectivity index (χ3n) is 5.39. The topological polar surface area (TPSA) is 42.0 Å². The third-order valence-corrected chi connectivity index (χ3v) is 5.39. The molecule has 5 nitrogen and oxygen atoms in total. The van der Waals surface area contributed by atoms with Crippen molar-refractivity contribution >= 4 is 5.91 Å². The van der Waals surface area contributed by atoms with E-state index in [1.165, 1.54) is 38.5 Å². The van der Waals surface area contributed by atoms with Gasteiger partial charge < -0.3 is 4.74 Å². The number of rotatable bonds is 11. The molecule has 0 bridgehead atoms. The Bertz CT molecular complexity index is 353. The molecule has 0 aromatic carbocycles. The minimum absolute atomic E-state index is 0. The zero-order valence-electron chi connectivity index (χ0n) is 16.2. The Morgan fingerprint density at radius 1 is 1.08 bits per heavy atom. The maximum Gasteiger partial charge on any atom is 0.246 e. The van der Waals surface area contributed by atoms with E-state index in [4.69, 9.17) is 9.57 Å². The van der Waals surface area contributed by atoms with E-state index in [2.05, 4.69) is 11.8 Å². The number of hydroxylamine groups is 2. The van der Waals surface area contributed by atoms with Crippen molar-refractivity contribution in [2.24, 2.45) is 0 Å². The van der Waals surface area contributed by atoms with Gasteiger partial charge in [-0.1, -0.05) is 59.3 Å². The van der Waals surface area contributed by atoms with E-state index in [1.54, 1.807) is 5.06 Å². The maximum atomic E-state index is 12.7. The highest BCUT2D eigenvalue weighted by atomic mass is 16.7. The SMILES string of the molecule is C.CCCCCCCC(=O)N(OCCN1CCOCC1)C1CCCCC1. The molecule has 1 heterocycles. The van der Waals surface area contributed by atoms with Crippen LogP contribution >= 0.6 is 0 Å². The van der Waals surface area contributed by atoms with E-state index in [0.717, 1.165) is 58.5 Å². The van der Waals surface area contributed by atoms with E-state index in [9.17, 15) is 4.79 Å². The first-order chi connectivity index (χ1) is 12.3. The van der Waals surface area contributed by atoms with Gasteiger partial charge in [0.2, 0.25) is 5.91 Å². The van der Waals surface area contributed by atoms with Gasteiger partial charge in [0, 0.05) is 26.1 Å². The van der Waals surface area contributed by atoms with E-state index in [1.807, 2.05) is 0 Å². The summed E-state index contributed by atoms with van der Waals surface area (Å²) < 4.78 is 5.39. The molecule has 1 aliphatic carbocycles. The largest absolute Gasteiger partial charge is 0.379 e. The molecule has 2 aliphatic rings. The van der Waals surface area contributed by atoms with Crippen LogP contribution < -0.4 is 0 Å². The van der Waals surface area contributed by atoms with Crippen LogP contribution in [0.15, 0.2) is 0 Å². The molecule has 26 heavy (non-hydrogen) atoms. The van der Waals surface area contributed by atoms with Crippen LogP contribution in [0.2, 0.25) is 0 Å². The van der Waals surface area contributed by atoms with Crippen LogP contribution in [0.4, 0.5) is 0 Å². The van der Waals surface area contributed by atoms with Crippen LogP contribution in [0.1, 0.15) is 85.0 Å². The standard InChI is InChI=1S/C20H38N2O3.CH4/c1-2-3-4-5-9-12-20(23)22(19-10-7-6-8-11-19)25-18-15-21-13-16-24-17-14-21;/h19H,2-18H2,1H3;1H4. The highest BCUT2D eigenvalue weighted by Crippen LogP contribution is 2.24. The number of morpholine rings is 1. The molecule has 0 unspecified atom stereocenters. The molecule has 1 saturated heterocycles. The Balaban J connectivity index is 0.00000338. The first-order valence-corrected chi connectivity index (χ1v) is 10.6. The number of amides is 1. The Hall–Kier alpha value is -0.650. The minimum Gasteiger partial charge on any atom is -0.379 e. The minimum atomic E-state index is 0. The Morgan fingerprint density at radius 2 is 1.77 bits per heavy atom. The van der Waals surface area contributed by atoms with Gasteiger partial charge in [-0.2, -0.15) is 0 Å². The van der Waals surface area contributed by atoms with Crippen molar-refractivity contribution in [2.45, 2.75) is 91.0 Å². The van der Waals surface area contributed by atoms with Crippen molar-refractivity contribution in [3.8, 4) is 0 Å². The molecule has 0 spiro atoms. The quantitative estimate of drug-likeness (QED) is 0.399. The normalized spacial score (nSPS) is 19.1. The fourth-order valence-corrected chi connectivity index (χ4v) is 3.78. The molecule has 5 heteroatoms. The van der Waals surface area contributed by atoms with Crippen molar-refractivity contribution in [3.05, 3.63) is 0 Å². The second-order valence-corrected chi connectivity index (χ2v) is 7.46. The van der Waals surface area contributed by atoms with Gasteiger partial charge in [-0.25, -0.2) is 5.06 Å². The van der Waals surface area contributed by atoms with Crippen LogP contribution in [0.3, 0.4) is 0 Å². The van der Waals surface area contributed by atoms with Crippen LogP contribution in [0, 0.1) is 0 Å². The summed E-state index contributed by atoms with van der Waals surface area (Å²) >= 11 is 0. The molecule has 0 atom stereocenters. The van der Waals surface area contributed by atoms with Gasteiger partial charge in [-0.3, -0.25) is 14.5 Å². The van der Waals surface area contributed by atoms with Gasteiger partial charge in [0.05, 0.1) is 25.9 Å². The second kappa shape index (κ2) is 14.4. The highest BCUT2D eigenvalue weighted by molar-refractivity contribution is 5.75. The number of carbonyl (C=O) groups excluding carboxylic acids is 1. The first-order valence-electron chi connectivity index (χ1n) is 10.6. The Morgan fingerprint density at radius 3 is 2.46 bits per heavy atom. The Labute approximate surface area is 161 Å². The van der Waals surface area contributed by atoms with Gasteiger partial charge >= 0.3 is 0 Å². The van der Waals surface area contributed by atoms with Crippen LogP contribution in [0.5, 0.6) is 0 Å². The smallest absolute Gasteiger partial charge is 0.246 e. The predicted molar refractivity (Wildman–Crippen MR) is 107 cm³/mol. The number of nitrogens with zero attached hydrogens (tertiary/aromatic N) is 2. The summed E-state index contributed by atoms with van der Waals surface area (Å²) in [6.07, 6.45) is 12.5. The molecular formula is C21H42N2O3. The van der Waals surface area contributed by atoms with E-state index >= 15 is 0 Å². The third kappa shape index (κ3) is 8.83. The lowest BCUT2D eigenvalue weighted by molar-refractivity contribution is -0.205. The molecule has 154 valence electrons. The van der Waals surface area contributed by atoms with Crippen molar-refractivity contribution in [1.82, 2.24) is 9.96 Å². The molecule has 1 saturated carbocycles. The van der Waals surface area contributed by atoms with Crippen molar-refractivity contribution < 1.29 is 14.4 Å². The average molecular weight is 371 g/mol. The lowest BCUT2D eigenvalue weighted by Crippen LogP contribution is -2.44. The first kappa shape index (κ1) is 23.4. The van der Waals surface area contributed by atoms with Gasteiger partial charge in [0.25, 0.3) is 0 Å². The van der Waals surface area contributed by atoms with Crippen molar-refractivity contribution in [2.75, 3.05) is 39.5 Å². The summed E-state index contributed by atoms with van der Waals surface area (Å²) in [5.41, 5.74) is 0. The summed E-state index contributed by atoms with van der Waals surface area (Å²) in [5, 5.41) is 1.76. The summed E-state index contributed by atoms with van der Waals surface area (Å²) in [5.74, 6) is 0.199. The molecule has 1 amide bonds. The molecule has 0 aromatic heterocycles. The summed E-state index contributed by atoms with van der Waals surface area (Å²) in [6, 6.07) is 0.293. The fourth-order valence-electron chi connectivity index (χ4n) is 3.78. The number of unbranched alkanes of at least 4 members (excludes halogenated alkanes) is 4. The predicted octanol–water partition coefficient (Wildman–Crippen LogP) is 4.41. The van der Waals surface area contributed by atoms with Gasteiger partial charge in [0.15, 0.2) is 0 Å². The number of hydrogen-bond donors (Lipinski definition) is 0. The molecule has 2 rings (SSSR count). The summed E-state index contributed by atoms with van der Waals surface area (Å²) in [7, 11) is 0. The van der Waals surface area contributed by atoms with E-state index in [0.29, 0.717) is 19.1 Å². The van der Waals surface area contributed by atoms with Crippen LogP contribution in [0.25, 0.3) is 0 Å². The molecule has 0 N–H and O–H groups in total. The van der Waals surface area contributed by atoms with Gasteiger partial charge in [0.1, 0.15) is 0 Å². The monoisotopic (exact) mass is 370 g/mol. The molecule has 1 aliphatic heterocycles. The molecule has 2 fully saturated rings. The molecular weight excluding hydrogens is 328 g/mol. The number of ether oxygens (including phenoxy) is 1.